The van der Waals surface area contributed by atoms with Gasteiger partial charge in [0.05, 0.1) is 15.9 Å². The number of benzene rings is 3. The van der Waals surface area contributed by atoms with Gasteiger partial charge in [-0.2, -0.15) is 5.10 Å². The molecule has 0 aliphatic heterocycles. The molecule has 2 heterocycles. The SMILES string of the molecule is Cc1ccc(-c2ccc(=O)n(C(C)C(=O)Nc3ccc(-c4nc5ccc(C)cc5s4)cc3)n2)cc1. The Bertz CT molecular complexity index is 1580. The maximum absolute atomic E-state index is 12.9. The van der Waals surface area contributed by atoms with Crippen molar-refractivity contribution in [3.05, 3.63) is 100 Å². The molecule has 5 rings (SSSR count). The summed E-state index contributed by atoms with van der Waals surface area (Å²) in [4.78, 5) is 30.1. The summed E-state index contributed by atoms with van der Waals surface area (Å²) >= 11 is 1.64. The highest BCUT2D eigenvalue weighted by Crippen LogP contribution is 2.31. The molecule has 1 unspecified atom stereocenters. The van der Waals surface area contributed by atoms with Crippen LogP contribution in [0.1, 0.15) is 24.1 Å². The zero-order valence-corrected chi connectivity index (χ0v) is 20.5. The molecule has 1 N–H and O–H groups in total. The first-order chi connectivity index (χ1) is 16.9. The largest absolute Gasteiger partial charge is 0.324 e. The number of nitrogens with one attached hydrogen (secondary N) is 1. The quantitative estimate of drug-likeness (QED) is 0.335. The van der Waals surface area contributed by atoms with E-state index in [0.29, 0.717) is 11.4 Å². The summed E-state index contributed by atoms with van der Waals surface area (Å²) in [6.07, 6.45) is 0. The lowest BCUT2D eigenvalue weighted by molar-refractivity contribution is -0.119. The molecule has 2 aromatic heterocycles. The van der Waals surface area contributed by atoms with Crippen LogP contribution in [0, 0.1) is 13.8 Å². The van der Waals surface area contributed by atoms with Crippen LogP contribution in [0.5, 0.6) is 0 Å². The van der Waals surface area contributed by atoms with Crippen LogP contribution in [0.2, 0.25) is 0 Å². The highest BCUT2D eigenvalue weighted by molar-refractivity contribution is 7.21. The first-order valence-corrected chi connectivity index (χ1v) is 12.1. The minimum atomic E-state index is -0.778. The van der Waals surface area contributed by atoms with Crippen LogP contribution in [0.15, 0.2) is 83.7 Å². The van der Waals surface area contributed by atoms with Gasteiger partial charge < -0.3 is 5.32 Å². The number of anilines is 1. The molecule has 0 saturated heterocycles. The molecule has 1 atom stereocenters. The van der Waals surface area contributed by atoms with Crippen molar-refractivity contribution >= 4 is 33.1 Å². The van der Waals surface area contributed by atoms with Crippen LogP contribution in [0.25, 0.3) is 32.0 Å². The summed E-state index contributed by atoms with van der Waals surface area (Å²) in [5.74, 6) is -0.316. The van der Waals surface area contributed by atoms with E-state index in [1.807, 2.05) is 61.5 Å². The molecule has 0 saturated carbocycles. The van der Waals surface area contributed by atoms with E-state index in [0.717, 1.165) is 31.9 Å². The smallest absolute Gasteiger partial charge is 0.267 e. The average Bonchev–Trinajstić information content (AvgIpc) is 3.28. The monoisotopic (exact) mass is 480 g/mol. The number of amides is 1. The minimum absolute atomic E-state index is 0.316. The van der Waals surface area contributed by atoms with Crippen LogP contribution >= 0.6 is 11.3 Å². The molecule has 0 spiro atoms. The second kappa shape index (κ2) is 9.27. The first kappa shape index (κ1) is 22.7. The highest BCUT2D eigenvalue weighted by atomic mass is 32.1. The van der Waals surface area contributed by atoms with Gasteiger partial charge in [0.25, 0.3) is 5.56 Å². The number of carbonyl (C=O) groups is 1. The Morgan fingerprint density at radius 2 is 1.57 bits per heavy atom. The number of hydrogen-bond donors (Lipinski definition) is 1. The van der Waals surface area contributed by atoms with Crippen molar-refractivity contribution in [3.63, 3.8) is 0 Å². The Morgan fingerprint density at radius 3 is 2.31 bits per heavy atom. The molecule has 0 bridgehead atoms. The van der Waals surface area contributed by atoms with Gasteiger partial charge >= 0.3 is 0 Å². The van der Waals surface area contributed by atoms with Crippen molar-refractivity contribution in [2.24, 2.45) is 0 Å². The van der Waals surface area contributed by atoms with E-state index in [9.17, 15) is 9.59 Å². The summed E-state index contributed by atoms with van der Waals surface area (Å²) in [7, 11) is 0. The van der Waals surface area contributed by atoms with Crippen molar-refractivity contribution in [2.75, 3.05) is 5.32 Å². The first-order valence-electron chi connectivity index (χ1n) is 11.3. The lowest BCUT2D eigenvalue weighted by Gasteiger charge is -2.15. The number of aryl methyl sites for hydroxylation is 2. The molecule has 1 amide bonds. The molecule has 0 fully saturated rings. The standard InChI is InChI=1S/C28H24N4O2S/c1-17-4-7-20(8-5-17)23-14-15-26(33)32(31-23)19(3)27(34)29-22-11-9-21(10-12-22)28-30-24-13-6-18(2)16-25(24)35-28/h4-16,19H,1-3H3,(H,29,34). The predicted octanol–water partition coefficient (Wildman–Crippen LogP) is 6.00. The Kier molecular flexibility index (Phi) is 6.01. The highest BCUT2D eigenvalue weighted by Gasteiger charge is 2.18. The van der Waals surface area contributed by atoms with Gasteiger partial charge in [-0.1, -0.05) is 35.9 Å². The molecule has 6 nitrogen and oxygen atoms in total. The van der Waals surface area contributed by atoms with Gasteiger partial charge in [0.2, 0.25) is 5.91 Å². The van der Waals surface area contributed by atoms with Gasteiger partial charge in [-0.05, 0) is 68.8 Å². The maximum atomic E-state index is 12.9. The number of fused-ring (bicyclic) bond motifs is 1. The second-order valence-corrected chi connectivity index (χ2v) is 9.63. The number of hydrogen-bond acceptors (Lipinski definition) is 5. The van der Waals surface area contributed by atoms with Crippen LogP contribution in [-0.2, 0) is 4.79 Å². The number of aromatic nitrogens is 3. The molecule has 0 aliphatic rings. The topological polar surface area (TPSA) is 76.9 Å². The maximum Gasteiger partial charge on any atom is 0.267 e. The summed E-state index contributed by atoms with van der Waals surface area (Å²) in [6, 6.07) is 24.0. The van der Waals surface area contributed by atoms with Crippen molar-refractivity contribution in [2.45, 2.75) is 26.8 Å². The third-order valence-corrected chi connectivity index (χ3v) is 6.93. The molecule has 7 heteroatoms. The number of rotatable bonds is 5. The van der Waals surface area contributed by atoms with E-state index in [-0.39, 0.29) is 11.5 Å². The zero-order valence-electron chi connectivity index (χ0n) is 19.6. The van der Waals surface area contributed by atoms with Crippen molar-refractivity contribution < 1.29 is 4.79 Å². The average molecular weight is 481 g/mol. The summed E-state index contributed by atoms with van der Waals surface area (Å²) in [6.45, 7) is 5.75. The van der Waals surface area contributed by atoms with E-state index in [1.54, 1.807) is 24.3 Å². The molecular formula is C28H24N4O2S. The summed E-state index contributed by atoms with van der Waals surface area (Å²) in [5, 5.41) is 8.27. The Labute approximate surface area is 206 Å². The van der Waals surface area contributed by atoms with Crippen LogP contribution in [0.4, 0.5) is 5.69 Å². The fourth-order valence-electron chi connectivity index (χ4n) is 3.79. The Hall–Kier alpha value is -4.10. The van der Waals surface area contributed by atoms with Gasteiger partial charge in [0, 0.05) is 22.9 Å². The van der Waals surface area contributed by atoms with E-state index >= 15 is 0 Å². The third-order valence-electron chi connectivity index (χ3n) is 5.86. The minimum Gasteiger partial charge on any atom is -0.324 e. The summed E-state index contributed by atoms with van der Waals surface area (Å²) in [5.41, 5.74) is 6.15. The Morgan fingerprint density at radius 1 is 0.886 bits per heavy atom. The van der Waals surface area contributed by atoms with Crippen LogP contribution in [-0.4, -0.2) is 20.7 Å². The van der Waals surface area contributed by atoms with Crippen molar-refractivity contribution in [3.8, 4) is 21.8 Å². The normalized spacial score (nSPS) is 12.0. The molecule has 0 radical (unpaired) electrons. The second-order valence-electron chi connectivity index (χ2n) is 8.60. The predicted molar refractivity (Wildman–Crippen MR) is 142 cm³/mol. The lowest BCUT2D eigenvalue weighted by Crippen LogP contribution is -2.33. The molecule has 174 valence electrons. The van der Waals surface area contributed by atoms with Gasteiger partial charge in [0.1, 0.15) is 11.0 Å². The molecular weight excluding hydrogens is 456 g/mol. The number of nitrogens with zero attached hydrogens (tertiary/aromatic N) is 3. The zero-order chi connectivity index (χ0) is 24.5. The van der Waals surface area contributed by atoms with E-state index < -0.39 is 6.04 Å². The van der Waals surface area contributed by atoms with Crippen molar-refractivity contribution in [1.82, 2.24) is 14.8 Å². The molecule has 5 aromatic rings. The van der Waals surface area contributed by atoms with Crippen LogP contribution in [0.3, 0.4) is 0 Å². The lowest BCUT2D eigenvalue weighted by atomic mass is 10.1. The van der Waals surface area contributed by atoms with Gasteiger partial charge in [-0.3, -0.25) is 9.59 Å². The summed E-state index contributed by atoms with van der Waals surface area (Å²) < 4.78 is 2.37. The fraction of sp³-hybridized carbons (Fsp3) is 0.143. The van der Waals surface area contributed by atoms with Gasteiger partial charge in [-0.25, -0.2) is 9.67 Å². The fourth-order valence-corrected chi connectivity index (χ4v) is 4.86. The van der Waals surface area contributed by atoms with Crippen molar-refractivity contribution in [1.29, 1.82) is 0 Å². The van der Waals surface area contributed by atoms with E-state index in [4.69, 9.17) is 4.98 Å². The van der Waals surface area contributed by atoms with Gasteiger partial charge in [-0.15, -0.1) is 11.3 Å². The van der Waals surface area contributed by atoms with E-state index in [2.05, 4.69) is 29.5 Å². The molecule has 3 aromatic carbocycles. The van der Waals surface area contributed by atoms with Gasteiger partial charge in [0.15, 0.2) is 0 Å². The third kappa shape index (κ3) is 4.76. The number of thiazole rings is 1. The number of carbonyl (C=O) groups excluding carboxylic acids is 1. The molecule has 35 heavy (non-hydrogen) atoms. The van der Waals surface area contributed by atoms with Crippen LogP contribution < -0.4 is 10.9 Å². The molecule has 0 aliphatic carbocycles. The van der Waals surface area contributed by atoms with E-state index in [1.165, 1.54) is 16.3 Å². The Balaban J connectivity index is 1.33.